The number of carbonyl (C=O) groups excluding carboxylic acids is 3. The fraction of sp³-hybridized carbons (Fsp3) is 0.500. The molecular formula is C18H25IN4O3. The molecule has 0 saturated carbocycles. The Kier molecular flexibility index (Phi) is 7.83. The molecule has 1 aliphatic heterocycles. The lowest BCUT2D eigenvalue weighted by molar-refractivity contribution is -0.130. The van der Waals surface area contributed by atoms with Crippen molar-refractivity contribution in [1.29, 1.82) is 0 Å². The first-order chi connectivity index (χ1) is 12.4. The number of halogens is 1. The van der Waals surface area contributed by atoms with Gasteiger partial charge in [-0.2, -0.15) is 0 Å². The first-order valence-corrected chi connectivity index (χ1v) is 9.69. The zero-order valence-electron chi connectivity index (χ0n) is 15.2. The maximum atomic E-state index is 12.4. The second-order valence-electron chi connectivity index (χ2n) is 6.46. The van der Waals surface area contributed by atoms with Crippen LogP contribution in [0.1, 0.15) is 16.8 Å². The molecule has 1 heterocycles. The van der Waals surface area contributed by atoms with Crippen LogP contribution in [0.25, 0.3) is 0 Å². The van der Waals surface area contributed by atoms with Crippen LogP contribution in [0.3, 0.4) is 0 Å². The minimum Gasteiger partial charge on any atom is -0.348 e. The van der Waals surface area contributed by atoms with Gasteiger partial charge >= 0.3 is 0 Å². The highest BCUT2D eigenvalue weighted by atomic mass is 127. The van der Waals surface area contributed by atoms with Gasteiger partial charge in [-0.25, -0.2) is 0 Å². The Labute approximate surface area is 167 Å². The number of hydrogen-bond acceptors (Lipinski definition) is 4. The molecule has 3 amide bonds. The number of hydrogen-bond donors (Lipinski definition) is 1. The summed E-state index contributed by atoms with van der Waals surface area (Å²) in [6.07, 6.45) is 0.816. The first-order valence-electron chi connectivity index (χ1n) is 8.61. The zero-order chi connectivity index (χ0) is 19.1. The molecule has 0 aromatic heterocycles. The van der Waals surface area contributed by atoms with Crippen molar-refractivity contribution in [3.05, 3.63) is 33.4 Å². The molecular weight excluding hydrogens is 447 g/mol. The predicted octanol–water partition coefficient (Wildman–Crippen LogP) is 0.644. The van der Waals surface area contributed by atoms with E-state index in [4.69, 9.17) is 0 Å². The molecule has 1 saturated heterocycles. The Morgan fingerprint density at radius 3 is 2.54 bits per heavy atom. The van der Waals surface area contributed by atoms with Gasteiger partial charge in [0.05, 0.1) is 18.7 Å². The third-order valence-corrected chi connectivity index (χ3v) is 5.26. The van der Waals surface area contributed by atoms with Gasteiger partial charge in [0, 0.05) is 43.8 Å². The molecule has 0 radical (unpaired) electrons. The van der Waals surface area contributed by atoms with Gasteiger partial charge in [-0.1, -0.05) is 12.1 Å². The standard InChI is InChI=1S/C18H25IN4O3/c1-21(2)17(25)13-22-8-5-9-23(11-10-22)16(24)12-20-18(26)14-6-3-4-7-15(14)19/h3-4,6-7H,5,8-13H2,1-2H3,(H,20,26). The number of nitrogens with one attached hydrogen (secondary N) is 1. The Bertz CT molecular complexity index is 666. The maximum absolute atomic E-state index is 12.4. The summed E-state index contributed by atoms with van der Waals surface area (Å²) in [5, 5.41) is 2.71. The topological polar surface area (TPSA) is 73.0 Å². The lowest BCUT2D eigenvalue weighted by Gasteiger charge is -2.23. The summed E-state index contributed by atoms with van der Waals surface area (Å²) in [6, 6.07) is 7.27. The van der Waals surface area contributed by atoms with Crippen LogP contribution in [0.15, 0.2) is 24.3 Å². The lowest BCUT2D eigenvalue weighted by atomic mass is 10.2. The van der Waals surface area contributed by atoms with Crippen molar-refractivity contribution in [3.8, 4) is 0 Å². The summed E-state index contributed by atoms with van der Waals surface area (Å²) in [5.74, 6) is -0.268. The van der Waals surface area contributed by atoms with Crippen LogP contribution >= 0.6 is 22.6 Å². The van der Waals surface area contributed by atoms with Gasteiger partial charge in [0.2, 0.25) is 11.8 Å². The number of rotatable bonds is 5. The number of nitrogens with zero attached hydrogens (tertiary/aromatic N) is 3. The van der Waals surface area contributed by atoms with Crippen LogP contribution in [-0.4, -0.2) is 85.8 Å². The van der Waals surface area contributed by atoms with Gasteiger partial charge in [0.15, 0.2) is 0 Å². The Hall–Kier alpha value is -1.68. The lowest BCUT2D eigenvalue weighted by Crippen LogP contribution is -2.43. The number of likely N-dealkylation sites (N-methyl/N-ethyl adjacent to an activating group) is 1. The van der Waals surface area contributed by atoms with E-state index in [1.807, 2.05) is 12.1 Å². The van der Waals surface area contributed by atoms with Crippen LogP contribution < -0.4 is 5.32 Å². The van der Waals surface area contributed by atoms with Crippen molar-refractivity contribution < 1.29 is 14.4 Å². The molecule has 0 unspecified atom stereocenters. The highest BCUT2D eigenvalue weighted by Crippen LogP contribution is 2.11. The molecule has 1 fully saturated rings. The van der Waals surface area contributed by atoms with Gasteiger partial charge in [-0.05, 0) is 41.1 Å². The quantitative estimate of drug-likeness (QED) is 0.639. The molecule has 0 spiro atoms. The molecule has 2 rings (SSSR count). The van der Waals surface area contributed by atoms with Crippen LogP contribution in [0, 0.1) is 3.57 Å². The van der Waals surface area contributed by atoms with E-state index in [1.165, 1.54) is 0 Å². The average molecular weight is 472 g/mol. The van der Waals surface area contributed by atoms with E-state index >= 15 is 0 Å². The third kappa shape index (κ3) is 5.94. The zero-order valence-corrected chi connectivity index (χ0v) is 17.4. The highest BCUT2D eigenvalue weighted by molar-refractivity contribution is 14.1. The van der Waals surface area contributed by atoms with Gasteiger partial charge in [0.1, 0.15) is 0 Å². The highest BCUT2D eigenvalue weighted by Gasteiger charge is 2.21. The predicted molar refractivity (Wildman–Crippen MR) is 108 cm³/mol. The van der Waals surface area contributed by atoms with E-state index in [1.54, 1.807) is 36.0 Å². The average Bonchev–Trinajstić information content (AvgIpc) is 2.85. The third-order valence-electron chi connectivity index (χ3n) is 4.32. The fourth-order valence-electron chi connectivity index (χ4n) is 2.72. The number of benzene rings is 1. The minimum absolute atomic E-state index is 0.0135. The van der Waals surface area contributed by atoms with Crippen molar-refractivity contribution in [2.75, 3.05) is 53.4 Å². The maximum Gasteiger partial charge on any atom is 0.252 e. The second kappa shape index (κ2) is 9.86. The van der Waals surface area contributed by atoms with Crippen molar-refractivity contribution in [2.24, 2.45) is 0 Å². The Balaban J connectivity index is 1.82. The Morgan fingerprint density at radius 1 is 1.12 bits per heavy atom. The van der Waals surface area contributed by atoms with E-state index in [0.717, 1.165) is 16.5 Å². The molecule has 142 valence electrons. The molecule has 0 bridgehead atoms. The van der Waals surface area contributed by atoms with Crippen molar-refractivity contribution >= 4 is 40.3 Å². The van der Waals surface area contributed by atoms with E-state index in [9.17, 15) is 14.4 Å². The summed E-state index contributed by atoms with van der Waals surface area (Å²) in [6.45, 7) is 3.02. The normalized spacial score (nSPS) is 15.3. The van der Waals surface area contributed by atoms with Crippen molar-refractivity contribution in [2.45, 2.75) is 6.42 Å². The SMILES string of the molecule is CN(C)C(=O)CN1CCCN(C(=O)CNC(=O)c2ccccc2I)CC1. The molecule has 0 atom stereocenters. The van der Waals surface area contributed by atoms with Gasteiger partial charge in [-0.15, -0.1) is 0 Å². The summed E-state index contributed by atoms with van der Waals surface area (Å²) in [7, 11) is 3.49. The molecule has 8 heteroatoms. The smallest absolute Gasteiger partial charge is 0.252 e. The van der Waals surface area contributed by atoms with E-state index < -0.39 is 0 Å². The monoisotopic (exact) mass is 472 g/mol. The van der Waals surface area contributed by atoms with Gasteiger partial charge in [0.25, 0.3) is 5.91 Å². The summed E-state index contributed by atoms with van der Waals surface area (Å²) in [5.41, 5.74) is 0.574. The molecule has 1 N–H and O–H groups in total. The van der Waals surface area contributed by atoms with E-state index in [-0.39, 0.29) is 24.3 Å². The van der Waals surface area contributed by atoms with Crippen molar-refractivity contribution in [1.82, 2.24) is 20.0 Å². The number of amides is 3. The second-order valence-corrected chi connectivity index (χ2v) is 7.62. The molecule has 0 aliphatic carbocycles. The van der Waals surface area contributed by atoms with Crippen LogP contribution in [0.4, 0.5) is 0 Å². The molecule has 1 aromatic rings. The summed E-state index contributed by atoms with van der Waals surface area (Å²) >= 11 is 2.10. The van der Waals surface area contributed by atoms with Crippen LogP contribution in [-0.2, 0) is 9.59 Å². The number of carbonyl (C=O) groups is 3. The fourth-order valence-corrected chi connectivity index (χ4v) is 3.35. The molecule has 1 aromatic carbocycles. The molecule has 1 aliphatic rings. The Morgan fingerprint density at radius 2 is 1.85 bits per heavy atom. The van der Waals surface area contributed by atoms with Crippen LogP contribution in [0.5, 0.6) is 0 Å². The summed E-state index contributed by atoms with van der Waals surface area (Å²) in [4.78, 5) is 41.9. The minimum atomic E-state index is -0.239. The van der Waals surface area contributed by atoms with E-state index in [2.05, 4.69) is 32.8 Å². The van der Waals surface area contributed by atoms with Gasteiger partial charge < -0.3 is 15.1 Å². The first kappa shape index (κ1) is 20.6. The van der Waals surface area contributed by atoms with E-state index in [0.29, 0.717) is 31.7 Å². The largest absolute Gasteiger partial charge is 0.348 e. The molecule has 7 nitrogen and oxygen atoms in total. The van der Waals surface area contributed by atoms with Gasteiger partial charge in [-0.3, -0.25) is 19.3 Å². The summed E-state index contributed by atoms with van der Waals surface area (Å²) < 4.78 is 0.853. The van der Waals surface area contributed by atoms with Crippen LogP contribution in [0.2, 0.25) is 0 Å². The molecule has 26 heavy (non-hydrogen) atoms. The van der Waals surface area contributed by atoms with Crippen molar-refractivity contribution in [3.63, 3.8) is 0 Å².